The van der Waals surface area contributed by atoms with Crippen molar-refractivity contribution in [1.29, 1.82) is 0 Å². The predicted molar refractivity (Wildman–Crippen MR) is 86.4 cm³/mol. The Morgan fingerprint density at radius 2 is 2.17 bits per heavy atom. The van der Waals surface area contributed by atoms with Gasteiger partial charge in [-0.1, -0.05) is 37.2 Å². The fourth-order valence-corrected chi connectivity index (χ4v) is 2.65. The summed E-state index contributed by atoms with van der Waals surface area (Å²) in [5.74, 6) is 1.14. The highest BCUT2D eigenvalue weighted by Crippen LogP contribution is 2.27. The van der Waals surface area contributed by atoms with E-state index in [1.807, 2.05) is 32.0 Å². The topological polar surface area (TPSA) is 97.1 Å². The van der Waals surface area contributed by atoms with Gasteiger partial charge in [0.2, 0.25) is 11.8 Å². The van der Waals surface area contributed by atoms with Crippen LogP contribution in [0.5, 0.6) is 0 Å². The van der Waals surface area contributed by atoms with Gasteiger partial charge in [-0.05, 0) is 11.6 Å². The summed E-state index contributed by atoms with van der Waals surface area (Å²) in [6.07, 6.45) is 0.697. The lowest BCUT2D eigenvalue weighted by molar-refractivity contribution is -0.121. The van der Waals surface area contributed by atoms with Crippen LogP contribution in [-0.2, 0) is 11.2 Å². The summed E-state index contributed by atoms with van der Waals surface area (Å²) < 4.78 is 5.13. The fraction of sp³-hybridized carbons (Fsp3) is 0.412. The van der Waals surface area contributed by atoms with Crippen molar-refractivity contribution in [3.63, 3.8) is 0 Å². The van der Waals surface area contributed by atoms with Crippen LogP contribution in [0.2, 0.25) is 0 Å². The second-order valence-corrected chi connectivity index (χ2v) is 6.12. The van der Waals surface area contributed by atoms with Crippen molar-refractivity contribution in [3.05, 3.63) is 47.1 Å². The van der Waals surface area contributed by atoms with Crippen LogP contribution < -0.4 is 10.6 Å². The third-order valence-corrected chi connectivity index (χ3v) is 3.94. The Morgan fingerprint density at radius 3 is 2.92 bits per heavy atom. The smallest absolute Gasteiger partial charge is 0.252 e. The van der Waals surface area contributed by atoms with E-state index in [0.29, 0.717) is 30.2 Å². The minimum atomic E-state index is -0.273. The molecule has 0 radical (unpaired) electrons. The molecule has 1 aliphatic rings. The summed E-state index contributed by atoms with van der Waals surface area (Å²) in [6, 6.07) is 7.05. The van der Waals surface area contributed by atoms with Crippen LogP contribution in [0.25, 0.3) is 0 Å². The van der Waals surface area contributed by atoms with Crippen LogP contribution in [0, 0.1) is 0 Å². The number of hydrogen-bond donors (Lipinski definition) is 2. The lowest BCUT2D eigenvalue weighted by Crippen LogP contribution is -2.30. The Morgan fingerprint density at radius 1 is 1.38 bits per heavy atom. The van der Waals surface area contributed by atoms with E-state index in [1.54, 1.807) is 6.07 Å². The Labute approximate surface area is 139 Å². The quantitative estimate of drug-likeness (QED) is 0.841. The van der Waals surface area contributed by atoms with Gasteiger partial charge in [0.25, 0.3) is 5.91 Å². The molecule has 2 heterocycles. The van der Waals surface area contributed by atoms with Crippen molar-refractivity contribution in [2.45, 2.75) is 38.6 Å². The molecule has 0 bridgehead atoms. The summed E-state index contributed by atoms with van der Waals surface area (Å²) in [5.41, 5.74) is 1.51. The van der Waals surface area contributed by atoms with E-state index < -0.39 is 0 Å². The third-order valence-electron chi connectivity index (χ3n) is 3.94. The second kappa shape index (κ2) is 6.82. The molecule has 0 saturated carbocycles. The number of benzene rings is 1. The Kier molecular flexibility index (Phi) is 4.59. The van der Waals surface area contributed by atoms with Crippen LogP contribution >= 0.6 is 0 Å². The van der Waals surface area contributed by atoms with Crippen molar-refractivity contribution >= 4 is 11.8 Å². The van der Waals surface area contributed by atoms with E-state index in [-0.39, 0.29) is 30.2 Å². The van der Waals surface area contributed by atoms with E-state index in [1.165, 1.54) is 0 Å². The average Bonchev–Trinajstić information content (AvgIpc) is 3.14. The van der Waals surface area contributed by atoms with E-state index in [2.05, 4.69) is 20.8 Å². The van der Waals surface area contributed by atoms with Crippen molar-refractivity contribution in [2.24, 2.45) is 0 Å². The van der Waals surface area contributed by atoms with Gasteiger partial charge in [-0.15, -0.1) is 0 Å². The molecule has 1 aromatic heterocycles. The highest BCUT2D eigenvalue weighted by Gasteiger charge is 2.29. The molecular weight excluding hydrogens is 308 g/mol. The highest BCUT2D eigenvalue weighted by molar-refractivity contribution is 5.99. The lowest BCUT2D eigenvalue weighted by atomic mass is 10.0. The predicted octanol–water partition coefficient (Wildman–Crippen LogP) is 1.73. The normalized spacial score (nSPS) is 16.1. The van der Waals surface area contributed by atoms with Gasteiger partial charge in [-0.2, -0.15) is 4.98 Å². The number of amides is 2. The SMILES string of the molecule is CC(C)c1noc(CCNC(=O)C[C@H]2NC(=O)c3ccccc32)n1. The molecule has 0 aliphatic carbocycles. The maximum Gasteiger partial charge on any atom is 0.252 e. The average molecular weight is 328 g/mol. The van der Waals surface area contributed by atoms with Gasteiger partial charge in [-0.3, -0.25) is 9.59 Å². The van der Waals surface area contributed by atoms with Gasteiger partial charge in [0.1, 0.15) is 0 Å². The first kappa shape index (κ1) is 16.2. The molecule has 126 valence electrons. The van der Waals surface area contributed by atoms with E-state index in [9.17, 15) is 9.59 Å². The largest absolute Gasteiger partial charge is 0.356 e. The van der Waals surface area contributed by atoms with Crippen molar-refractivity contribution in [2.75, 3.05) is 6.54 Å². The molecule has 1 aromatic carbocycles. The number of rotatable bonds is 6. The number of nitrogens with zero attached hydrogens (tertiary/aromatic N) is 2. The summed E-state index contributed by atoms with van der Waals surface area (Å²) in [5, 5.41) is 9.54. The molecule has 7 heteroatoms. The molecule has 0 fully saturated rings. The van der Waals surface area contributed by atoms with Gasteiger partial charge >= 0.3 is 0 Å². The van der Waals surface area contributed by atoms with Crippen LogP contribution in [0.15, 0.2) is 28.8 Å². The van der Waals surface area contributed by atoms with Gasteiger partial charge < -0.3 is 15.2 Å². The molecule has 24 heavy (non-hydrogen) atoms. The first-order valence-electron chi connectivity index (χ1n) is 8.03. The Bertz CT molecular complexity index is 754. The highest BCUT2D eigenvalue weighted by atomic mass is 16.5. The number of fused-ring (bicyclic) bond motifs is 1. The third kappa shape index (κ3) is 3.45. The van der Waals surface area contributed by atoms with Gasteiger partial charge in [0, 0.05) is 24.4 Å². The second-order valence-electron chi connectivity index (χ2n) is 6.12. The molecule has 2 amide bonds. The lowest BCUT2D eigenvalue weighted by Gasteiger charge is -2.11. The van der Waals surface area contributed by atoms with Crippen molar-refractivity contribution in [3.8, 4) is 0 Å². The molecule has 2 N–H and O–H groups in total. The zero-order chi connectivity index (χ0) is 17.1. The molecule has 0 unspecified atom stereocenters. The van der Waals surface area contributed by atoms with Gasteiger partial charge in [0.15, 0.2) is 5.82 Å². The Hall–Kier alpha value is -2.70. The summed E-state index contributed by atoms with van der Waals surface area (Å²) >= 11 is 0. The molecule has 0 spiro atoms. The molecule has 1 aliphatic heterocycles. The molecule has 1 atom stereocenters. The first-order valence-corrected chi connectivity index (χ1v) is 8.03. The minimum Gasteiger partial charge on any atom is -0.356 e. The van der Waals surface area contributed by atoms with Crippen LogP contribution in [0.3, 0.4) is 0 Å². The van der Waals surface area contributed by atoms with E-state index in [0.717, 1.165) is 5.56 Å². The first-order chi connectivity index (χ1) is 11.5. The summed E-state index contributed by atoms with van der Waals surface area (Å²) in [6.45, 7) is 4.40. The number of hydrogen-bond acceptors (Lipinski definition) is 5. The van der Waals surface area contributed by atoms with Crippen molar-refractivity contribution in [1.82, 2.24) is 20.8 Å². The molecule has 3 rings (SSSR count). The van der Waals surface area contributed by atoms with Crippen LogP contribution in [0.1, 0.15) is 59.9 Å². The maximum absolute atomic E-state index is 12.1. The number of nitrogens with one attached hydrogen (secondary N) is 2. The van der Waals surface area contributed by atoms with Gasteiger partial charge in [-0.25, -0.2) is 0 Å². The number of carbonyl (C=O) groups excluding carboxylic acids is 2. The van der Waals surface area contributed by atoms with Crippen LogP contribution in [0.4, 0.5) is 0 Å². The fourth-order valence-electron chi connectivity index (χ4n) is 2.65. The maximum atomic E-state index is 12.1. The van der Waals surface area contributed by atoms with E-state index >= 15 is 0 Å². The standard InChI is InChI=1S/C17H20N4O3/c1-10(2)16-20-15(24-21-16)7-8-18-14(22)9-13-11-5-3-4-6-12(11)17(23)19-13/h3-6,10,13H,7-9H2,1-2H3,(H,18,22)(H,19,23)/t13-/m1/s1. The molecule has 7 nitrogen and oxygen atoms in total. The monoisotopic (exact) mass is 328 g/mol. The number of aromatic nitrogens is 2. The van der Waals surface area contributed by atoms with Gasteiger partial charge in [0.05, 0.1) is 12.5 Å². The zero-order valence-electron chi connectivity index (χ0n) is 13.7. The summed E-state index contributed by atoms with van der Waals surface area (Å²) in [4.78, 5) is 28.2. The summed E-state index contributed by atoms with van der Waals surface area (Å²) in [7, 11) is 0. The Balaban J connectivity index is 1.49. The molecular formula is C17H20N4O3. The minimum absolute atomic E-state index is 0.124. The van der Waals surface area contributed by atoms with Crippen LogP contribution in [-0.4, -0.2) is 28.5 Å². The van der Waals surface area contributed by atoms with E-state index in [4.69, 9.17) is 4.52 Å². The molecule has 2 aromatic rings. The van der Waals surface area contributed by atoms with Crippen molar-refractivity contribution < 1.29 is 14.1 Å². The number of carbonyl (C=O) groups is 2. The molecule has 0 saturated heterocycles. The zero-order valence-corrected chi connectivity index (χ0v) is 13.7.